The second-order valence-electron chi connectivity index (χ2n) is 5.38. The molecule has 0 saturated heterocycles. The van der Waals surface area contributed by atoms with E-state index in [-0.39, 0.29) is 10.9 Å². The summed E-state index contributed by atoms with van der Waals surface area (Å²) in [5.41, 5.74) is 0.454. The fourth-order valence-electron chi connectivity index (χ4n) is 2.35. The number of amides is 1. The highest BCUT2D eigenvalue weighted by atomic mass is 32.2. The van der Waals surface area contributed by atoms with E-state index in [1.54, 1.807) is 6.20 Å². The van der Waals surface area contributed by atoms with Crippen molar-refractivity contribution in [3.8, 4) is 0 Å². The van der Waals surface area contributed by atoms with Gasteiger partial charge in [0.15, 0.2) is 0 Å². The van der Waals surface area contributed by atoms with Crippen LogP contribution in [0.4, 0.5) is 10.5 Å². The van der Waals surface area contributed by atoms with Crippen LogP contribution in [0.25, 0.3) is 0 Å². The molecule has 0 spiro atoms. The summed E-state index contributed by atoms with van der Waals surface area (Å²) < 4.78 is 33.6. The van der Waals surface area contributed by atoms with E-state index >= 15 is 0 Å². The highest BCUT2D eigenvalue weighted by molar-refractivity contribution is 7.89. The summed E-state index contributed by atoms with van der Waals surface area (Å²) in [5, 5.41) is 6.66. The van der Waals surface area contributed by atoms with Gasteiger partial charge in [0.2, 0.25) is 10.0 Å². The minimum Gasteiger partial charge on any atom is -0.453 e. The zero-order valence-electron chi connectivity index (χ0n) is 14.2. The molecule has 136 valence electrons. The Morgan fingerprint density at radius 2 is 2.04 bits per heavy atom. The third-order valence-corrected chi connectivity index (χ3v) is 5.21. The van der Waals surface area contributed by atoms with Gasteiger partial charge >= 0.3 is 6.09 Å². The van der Waals surface area contributed by atoms with E-state index in [1.807, 2.05) is 23.9 Å². The van der Waals surface area contributed by atoms with E-state index in [4.69, 9.17) is 0 Å². The Balaban J connectivity index is 1.93. The minimum atomic E-state index is -3.61. The number of hydrogen-bond donors (Lipinski definition) is 2. The van der Waals surface area contributed by atoms with Crippen LogP contribution in [0.3, 0.4) is 0 Å². The molecular formula is C16H22N4O4S. The standard InChI is InChI=1S/C16H22N4O4S/c1-3-14(20-12-4-10-17-20)9-11-18-25(22,23)15-7-5-13(6-8-15)19-16(21)24-2/h4-8,10,12,14,18H,3,9,11H2,1-2H3,(H,19,21)/t14-/m0/s1. The Hall–Kier alpha value is -2.39. The number of sulfonamides is 1. The number of hydrogen-bond acceptors (Lipinski definition) is 5. The lowest BCUT2D eigenvalue weighted by Crippen LogP contribution is -2.27. The molecule has 2 rings (SSSR count). The number of rotatable bonds is 8. The number of anilines is 1. The average Bonchev–Trinajstić information content (AvgIpc) is 3.13. The maximum atomic E-state index is 12.3. The third kappa shape index (κ3) is 5.30. The van der Waals surface area contributed by atoms with Crippen LogP contribution in [0, 0.1) is 0 Å². The van der Waals surface area contributed by atoms with Crippen molar-refractivity contribution in [2.75, 3.05) is 19.0 Å². The Kier molecular flexibility index (Phi) is 6.54. The number of nitrogens with one attached hydrogen (secondary N) is 2. The molecular weight excluding hydrogens is 344 g/mol. The summed E-state index contributed by atoms with van der Waals surface area (Å²) in [5.74, 6) is 0. The van der Waals surface area contributed by atoms with Crippen molar-refractivity contribution in [1.29, 1.82) is 0 Å². The van der Waals surface area contributed by atoms with Gasteiger partial charge in [0, 0.05) is 24.6 Å². The second-order valence-corrected chi connectivity index (χ2v) is 7.14. The number of carbonyl (C=O) groups is 1. The van der Waals surface area contributed by atoms with Crippen LogP contribution in [-0.2, 0) is 14.8 Å². The summed E-state index contributed by atoms with van der Waals surface area (Å²) in [7, 11) is -2.35. The molecule has 1 atom stereocenters. The van der Waals surface area contributed by atoms with Gasteiger partial charge in [-0.3, -0.25) is 10.00 Å². The molecule has 25 heavy (non-hydrogen) atoms. The van der Waals surface area contributed by atoms with Crippen LogP contribution in [0.1, 0.15) is 25.8 Å². The van der Waals surface area contributed by atoms with Crippen molar-refractivity contribution >= 4 is 21.8 Å². The lowest BCUT2D eigenvalue weighted by atomic mass is 10.1. The summed E-state index contributed by atoms with van der Waals surface area (Å²) in [6, 6.07) is 7.85. The molecule has 0 saturated carbocycles. The zero-order valence-corrected chi connectivity index (χ0v) is 15.0. The topological polar surface area (TPSA) is 102 Å². The van der Waals surface area contributed by atoms with Crippen LogP contribution >= 0.6 is 0 Å². The summed E-state index contributed by atoms with van der Waals surface area (Å²) >= 11 is 0. The molecule has 0 radical (unpaired) electrons. The molecule has 0 aliphatic carbocycles. The first-order chi connectivity index (χ1) is 12.0. The molecule has 0 bridgehead atoms. The van der Waals surface area contributed by atoms with Gasteiger partial charge in [0.1, 0.15) is 0 Å². The fourth-order valence-corrected chi connectivity index (χ4v) is 3.40. The molecule has 0 unspecified atom stereocenters. The van der Waals surface area contributed by atoms with Crippen molar-refractivity contribution in [3.63, 3.8) is 0 Å². The molecule has 1 aromatic carbocycles. The van der Waals surface area contributed by atoms with E-state index in [2.05, 4.69) is 19.9 Å². The first kappa shape index (κ1) is 18.9. The highest BCUT2D eigenvalue weighted by Gasteiger charge is 2.15. The molecule has 0 aliphatic heterocycles. The van der Waals surface area contributed by atoms with Crippen LogP contribution in [0.2, 0.25) is 0 Å². The lowest BCUT2D eigenvalue weighted by molar-refractivity contribution is 0.187. The molecule has 2 aromatic rings. The number of methoxy groups -OCH3 is 1. The monoisotopic (exact) mass is 366 g/mol. The molecule has 1 aromatic heterocycles. The van der Waals surface area contributed by atoms with E-state index in [9.17, 15) is 13.2 Å². The van der Waals surface area contributed by atoms with Gasteiger partial charge < -0.3 is 4.74 Å². The van der Waals surface area contributed by atoms with Gasteiger partial charge in [-0.1, -0.05) is 6.92 Å². The van der Waals surface area contributed by atoms with Gasteiger partial charge in [-0.15, -0.1) is 0 Å². The van der Waals surface area contributed by atoms with Gasteiger partial charge in [-0.25, -0.2) is 17.9 Å². The van der Waals surface area contributed by atoms with Crippen molar-refractivity contribution < 1.29 is 17.9 Å². The van der Waals surface area contributed by atoms with Crippen LogP contribution < -0.4 is 10.0 Å². The maximum absolute atomic E-state index is 12.3. The smallest absolute Gasteiger partial charge is 0.411 e. The average molecular weight is 366 g/mol. The van der Waals surface area contributed by atoms with Crippen molar-refractivity contribution in [2.24, 2.45) is 0 Å². The molecule has 2 N–H and O–H groups in total. The number of aromatic nitrogens is 2. The van der Waals surface area contributed by atoms with Gasteiger partial charge in [0.05, 0.1) is 18.0 Å². The van der Waals surface area contributed by atoms with Crippen LogP contribution in [0.15, 0.2) is 47.6 Å². The van der Waals surface area contributed by atoms with E-state index in [0.717, 1.165) is 6.42 Å². The quantitative estimate of drug-likeness (QED) is 0.747. The maximum Gasteiger partial charge on any atom is 0.411 e. The van der Waals surface area contributed by atoms with Crippen LogP contribution in [0.5, 0.6) is 0 Å². The normalized spacial score (nSPS) is 12.6. The Morgan fingerprint density at radius 1 is 1.32 bits per heavy atom. The zero-order chi connectivity index (χ0) is 18.3. The van der Waals surface area contributed by atoms with Crippen molar-refractivity contribution in [3.05, 3.63) is 42.7 Å². The first-order valence-corrected chi connectivity index (χ1v) is 9.38. The number of nitrogens with zero attached hydrogens (tertiary/aromatic N) is 2. The molecule has 1 amide bonds. The Labute approximate surface area is 147 Å². The molecule has 0 fully saturated rings. The van der Waals surface area contributed by atoms with Gasteiger partial charge in [0.25, 0.3) is 0 Å². The van der Waals surface area contributed by atoms with E-state index < -0.39 is 16.1 Å². The van der Waals surface area contributed by atoms with Gasteiger partial charge in [-0.05, 0) is 43.2 Å². The number of carbonyl (C=O) groups excluding carboxylic acids is 1. The fraction of sp³-hybridized carbons (Fsp3) is 0.375. The Morgan fingerprint density at radius 3 is 2.60 bits per heavy atom. The summed E-state index contributed by atoms with van der Waals surface area (Å²) in [6.07, 6.45) is 4.46. The van der Waals surface area contributed by atoms with Crippen molar-refractivity contribution in [2.45, 2.75) is 30.7 Å². The van der Waals surface area contributed by atoms with E-state index in [0.29, 0.717) is 18.7 Å². The largest absolute Gasteiger partial charge is 0.453 e. The first-order valence-electron chi connectivity index (χ1n) is 7.90. The molecule has 8 nitrogen and oxygen atoms in total. The lowest BCUT2D eigenvalue weighted by Gasteiger charge is -2.16. The molecule has 9 heteroatoms. The third-order valence-electron chi connectivity index (χ3n) is 3.74. The van der Waals surface area contributed by atoms with E-state index in [1.165, 1.54) is 31.4 Å². The predicted octanol–water partition coefficient (Wildman–Crippen LogP) is 2.38. The van der Waals surface area contributed by atoms with Crippen molar-refractivity contribution in [1.82, 2.24) is 14.5 Å². The van der Waals surface area contributed by atoms with Crippen LogP contribution in [-0.4, -0.2) is 37.9 Å². The number of ether oxygens (including phenoxy) is 1. The Bertz CT molecular complexity index is 773. The molecule has 0 aliphatic rings. The predicted molar refractivity (Wildman–Crippen MR) is 93.8 cm³/mol. The van der Waals surface area contributed by atoms with Gasteiger partial charge in [-0.2, -0.15) is 5.10 Å². The second kappa shape index (κ2) is 8.63. The highest BCUT2D eigenvalue weighted by Crippen LogP contribution is 2.16. The summed E-state index contributed by atoms with van der Waals surface area (Å²) in [4.78, 5) is 11.3. The summed E-state index contributed by atoms with van der Waals surface area (Å²) in [6.45, 7) is 2.34. The molecule has 1 heterocycles. The SMILES string of the molecule is CC[C@@H](CCNS(=O)(=O)c1ccc(NC(=O)OC)cc1)n1cccn1. The minimum absolute atomic E-state index is 0.134. The number of benzene rings is 1.